The van der Waals surface area contributed by atoms with Crippen LogP contribution in [0.15, 0.2) is 24.3 Å². The van der Waals surface area contributed by atoms with Gasteiger partial charge < -0.3 is 4.74 Å². The molecule has 0 radical (unpaired) electrons. The number of esters is 1. The summed E-state index contributed by atoms with van der Waals surface area (Å²) in [5, 5.41) is 0.487. The second-order valence-corrected chi connectivity index (χ2v) is 4.60. The summed E-state index contributed by atoms with van der Waals surface area (Å²) >= 11 is 1.27. The molecule has 17 heavy (non-hydrogen) atoms. The van der Waals surface area contributed by atoms with Crippen LogP contribution in [0.3, 0.4) is 0 Å². The van der Waals surface area contributed by atoms with E-state index in [1.165, 1.54) is 24.5 Å². The number of methoxy groups -OCH3 is 1. The second-order valence-electron chi connectivity index (χ2n) is 3.40. The maximum Gasteiger partial charge on any atom is 0.357 e. The third-order valence-corrected chi connectivity index (χ3v) is 3.28. The summed E-state index contributed by atoms with van der Waals surface area (Å²) in [7, 11) is 1.30. The van der Waals surface area contributed by atoms with Crippen LogP contribution in [0.5, 0.6) is 0 Å². The Morgan fingerprint density at radius 1 is 1.41 bits per heavy atom. The molecule has 5 heteroatoms. The fourth-order valence-corrected chi connectivity index (χ4v) is 2.36. The zero-order valence-corrected chi connectivity index (χ0v) is 10.2. The standard InChI is InChI=1S/C12H10FNO2S/c1-7-10(12(15)16-2)14-11(17-7)8-5-3-4-6-9(8)13/h3-6H,1-2H3. The molecule has 88 valence electrons. The SMILES string of the molecule is COC(=O)c1nc(-c2ccccc2F)sc1C. The predicted molar refractivity (Wildman–Crippen MR) is 63.6 cm³/mol. The highest BCUT2D eigenvalue weighted by Gasteiger charge is 2.17. The average molecular weight is 251 g/mol. The van der Waals surface area contributed by atoms with E-state index in [4.69, 9.17) is 0 Å². The van der Waals surface area contributed by atoms with Gasteiger partial charge >= 0.3 is 5.97 Å². The van der Waals surface area contributed by atoms with E-state index in [0.717, 1.165) is 4.88 Å². The fourth-order valence-electron chi connectivity index (χ4n) is 1.43. The van der Waals surface area contributed by atoms with Crippen LogP contribution in [0.25, 0.3) is 10.6 Å². The highest BCUT2D eigenvalue weighted by atomic mass is 32.1. The lowest BCUT2D eigenvalue weighted by Crippen LogP contribution is -2.03. The molecule has 0 aliphatic heterocycles. The summed E-state index contributed by atoms with van der Waals surface area (Å²) in [5.74, 6) is -0.848. The minimum absolute atomic E-state index is 0.246. The van der Waals surface area contributed by atoms with Crippen molar-refractivity contribution in [2.75, 3.05) is 7.11 Å². The van der Waals surface area contributed by atoms with Gasteiger partial charge in [-0.25, -0.2) is 14.2 Å². The first-order valence-corrected chi connectivity index (χ1v) is 5.75. The largest absolute Gasteiger partial charge is 0.464 e. The van der Waals surface area contributed by atoms with E-state index in [0.29, 0.717) is 10.6 Å². The number of rotatable bonds is 2. The Balaban J connectivity index is 2.49. The Morgan fingerprint density at radius 3 is 2.76 bits per heavy atom. The van der Waals surface area contributed by atoms with Gasteiger partial charge in [-0.1, -0.05) is 12.1 Å². The minimum Gasteiger partial charge on any atom is -0.464 e. The topological polar surface area (TPSA) is 39.2 Å². The van der Waals surface area contributed by atoms with Gasteiger partial charge in [0, 0.05) is 10.4 Å². The number of carbonyl (C=O) groups excluding carboxylic acids is 1. The summed E-state index contributed by atoms with van der Waals surface area (Å²) in [6.07, 6.45) is 0. The van der Waals surface area contributed by atoms with Crippen molar-refractivity contribution in [3.8, 4) is 10.6 Å². The lowest BCUT2D eigenvalue weighted by atomic mass is 10.2. The first-order valence-electron chi connectivity index (χ1n) is 4.94. The van der Waals surface area contributed by atoms with Crippen LogP contribution in [0, 0.1) is 12.7 Å². The summed E-state index contributed by atoms with van der Waals surface area (Å²) in [5.41, 5.74) is 0.645. The first-order chi connectivity index (χ1) is 8.13. The van der Waals surface area contributed by atoms with Gasteiger partial charge in [-0.15, -0.1) is 11.3 Å². The molecule has 3 nitrogen and oxygen atoms in total. The molecule has 0 fully saturated rings. The van der Waals surface area contributed by atoms with E-state index >= 15 is 0 Å². The monoisotopic (exact) mass is 251 g/mol. The zero-order chi connectivity index (χ0) is 12.4. The Bertz CT molecular complexity index is 565. The van der Waals surface area contributed by atoms with Crippen molar-refractivity contribution in [1.82, 2.24) is 4.98 Å². The minimum atomic E-state index is -0.499. The third kappa shape index (κ3) is 2.19. The molecule has 0 unspecified atom stereocenters. The molecule has 0 amide bonds. The van der Waals surface area contributed by atoms with Crippen LogP contribution in [0.1, 0.15) is 15.4 Å². The number of nitrogens with zero attached hydrogens (tertiary/aromatic N) is 1. The molecular weight excluding hydrogens is 241 g/mol. The molecule has 0 aliphatic carbocycles. The average Bonchev–Trinajstić information content (AvgIpc) is 2.71. The molecule has 0 aliphatic rings. The van der Waals surface area contributed by atoms with Crippen molar-refractivity contribution in [2.24, 2.45) is 0 Å². The molecule has 0 saturated carbocycles. The van der Waals surface area contributed by atoms with E-state index in [1.807, 2.05) is 0 Å². The number of halogens is 1. The predicted octanol–water partition coefficient (Wildman–Crippen LogP) is 3.04. The number of thiazole rings is 1. The molecule has 2 aromatic rings. The first kappa shape index (κ1) is 11.7. The van der Waals surface area contributed by atoms with Crippen LogP contribution in [-0.4, -0.2) is 18.1 Å². The zero-order valence-electron chi connectivity index (χ0n) is 9.36. The molecule has 0 bridgehead atoms. The van der Waals surface area contributed by atoms with Gasteiger partial charge in [0.15, 0.2) is 5.69 Å². The van der Waals surface area contributed by atoms with E-state index in [9.17, 15) is 9.18 Å². The van der Waals surface area contributed by atoms with Crippen molar-refractivity contribution in [2.45, 2.75) is 6.92 Å². The van der Waals surface area contributed by atoms with Crippen molar-refractivity contribution in [3.05, 3.63) is 40.7 Å². The second kappa shape index (κ2) is 4.63. The van der Waals surface area contributed by atoms with Gasteiger partial charge in [-0.2, -0.15) is 0 Å². The summed E-state index contributed by atoms with van der Waals surface area (Å²) < 4.78 is 18.2. The van der Waals surface area contributed by atoms with Crippen LogP contribution >= 0.6 is 11.3 Å². The van der Waals surface area contributed by atoms with Gasteiger partial charge in [-0.3, -0.25) is 0 Å². The summed E-state index contributed by atoms with van der Waals surface area (Å²) in [4.78, 5) is 16.2. The molecule has 2 rings (SSSR count). The number of benzene rings is 1. The van der Waals surface area contributed by atoms with Crippen LogP contribution in [0.2, 0.25) is 0 Å². The Morgan fingerprint density at radius 2 is 2.12 bits per heavy atom. The molecule has 0 N–H and O–H groups in total. The number of ether oxygens (including phenoxy) is 1. The van der Waals surface area contributed by atoms with Gasteiger partial charge in [0.05, 0.1) is 7.11 Å². The maximum atomic E-state index is 13.5. The lowest BCUT2D eigenvalue weighted by Gasteiger charge is -1.97. The number of aryl methyl sites for hydroxylation is 1. The normalized spacial score (nSPS) is 10.3. The van der Waals surface area contributed by atoms with Crippen molar-refractivity contribution in [3.63, 3.8) is 0 Å². The van der Waals surface area contributed by atoms with Gasteiger partial charge in [0.1, 0.15) is 10.8 Å². The quantitative estimate of drug-likeness (QED) is 0.770. The van der Waals surface area contributed by atoms with E-state index in [2.05, 4.69) is 9.72 Å². The Hall–Kier alpha value is -1.75. The maximum absolute atomic E-state index is 13.5. The summed E-state index contributed by atoms with van der Waals surface area (Å²) in [6, 6.07) is 6.34. The molecule has 1 aromatic carbocycles. The van der Waals surface area contributed by atoms with Crippen molar-refractivity contribution >= 4 is 17.3 Å². The van der Waals surface area contributed by atoms with E-state index < -0.39 is 5.97 Å². The van der Waals surface area contributed by atoms with Crippen molar-refractivity contribution < 1.29 is 13.9 Å². The van der Waals surface area contributed by atoms with Crippen molar-refractivity contribution in [1.29, 1.82) is 0 Å². The molecule has 0 saturated heterocycles. The Kier molecular flexibility index (Phi) is 3.19. The highest BCUT2D eigenvalue weighted by Crippen LogP contribution is 2.29. The molecule has 1 aromatic heterocycles. The smallest absolute Gasteiger partial charge is 0.357 e. The number of carbonyl (C=O) groups is 1. The fraction of sp³-hybridized carbons (Fsp3) is 0.167. The number of hydrogen-bond acceptors (Lipinski definition) is 4. The number of hydrogen-bond donors (Lipinski definition) is 0. The molecular formula is C12H10FNO2S. The molecule has 0 spiro atoms. The van der Waals surface area contributed by atoms with Crippen LogP contribution in [0.4, 0.5) is 4.39 Å². The van der Waals surface area contributed by atoms with Crippen LogP contribution < -0.4 is 0 Å². The van der Waals surface area contributed by atoms with E-state index in [1.54, 1.807) is 25.1 Å². The molecule has 1 heterocycles. The highest BCUT2D eigenvalue weighted by molar-refractivity contribution is 7.15. The van der Waals surface area contributed by atoms with Gasteiger partial charge in [0.2, 0.25) is 0 Å². The van der Waals surface area contributed by atoms with Gasteiger partial charge in [-0.05, 0) is 19.1 Å². The van der Waals surface area contributed by atoms with Gasteiger partial charge in [0.25, 0.3) is 0 Å². The van der Waals surface area contributed by atoms with Crippen LogP contribution in [-0.2, 0) is 4.74 Å². The Labute approximate surface area is 102 Å². The number of aromatic nitrogens is 1. The lowest BCUT2D eigenvalue weighted by molar-refractivity contribution is 0.0594. The third-order valence-electron chi connectivity index (χ3n) is 2.28. The van der Waals surface area contributed by atoms with E-state index in [-0.39, 0.29) is 11.5 Å². The molecule has 0 atom stereocenters. The summed E-state index contributed by atoms with van der Waals surface area (Å²) in [6.45, 7) is 1.76.